The molecule has 162 valence electrons. The zero-order valence-corrected chi connectivity index (χ0v) is 17.5. The molecule has 0 aliphatic rings. The maximum atomic E-state index is 13.2. The Kier molecular flexibility index (Phi) is 8.10. The van der Waals surface area contributed by atoms with Crippen LogP contribution < -0.4 is 10.6 Å². The van der Waals surface area contributed by atoms with Crippen LogP contribution in [-0.2, 0) is 17.6 Å². The van der Waals surface area contributed by atoms with Crippen LogP contribution in [0, 0.1) is 17.1 Å². The van der Waals surface area contributed by atoms with Gasteiger partial charge in [-0.3, -0.25) is 9.59 Å². The minimum Gasteiger partial charge on any atom is -0.340 e. The molecule has 0 radical (unpaired) electrons. The second-order valence-electron chi connectivity index (χ2n) is 7.44. The van der Waals surface area contributed by atoms with Crippen LogP contribution in [0.15, 0.2) is 84.9 Å². The minimum absolute atomic E-state index is 0.248. The summed E-state index contributed by atoms with van der Waals surface area (Å²) in [5.41, 5.74) is 2.19. The Morgan fingerprint density at radius 2 is 1.44 bits per heavy atom. The predicted molar refractivity (Wildman–Crippen MR) is 120 cm³/mol. The average molecular weight is 429 g/mol. The van der Waals surface area contributed by atoms with Gasteiger partial charge in [-0.25, -0.2) is 4.39 Å². The summed E-state index contributed by atoms with van der Waals surface area (Å²) in [5, 5.41) is 15.0. The van der Waals surface area contributed by atoms with E-state index >= 15 is 0 Å². The van der Waals surface area contributed by atoms with E-state index in [0.29, 0.717) is 12.8 Å². The SMILES string of the molecule is N#C[C@H](CCc1ccccc1)NC(=O)[C@H](Cc1ccccc1)NC(=O)c1ccc(F)cc1. The van der Waals surface area contributed by atoms with Crippen molar-refractivity contribution >= 4 is 11.8 Å². The molecule has 3 aromatic carbocycles. The third kappa shape index (κ3) is 6.78. The van der Waals surface area contributed by atoms with Gasteiger partial charge in [-0.15, -0.1) is 0 Å². The highest BCUT2D eigenvalue weighted by molar-refractivity contribution is 5.97. The zero-order valence-electron chi connectivity index (χ0n) is 17.5. The van der Waals surface area contributed by atoms with Gasteiger partial charge in [0.05, 0.1) is 6.07 Å². The molecule has 0 heterocycles. The first-order valence-corrected chi connectivity index (χ1v) is 10.4. The van der Waals surface area contributed by atoms with Gasteiger partial charge in [0.15, 0.2) is 0 Å². The number of nitriles is 1. The van der Waals surface area contributed by atoms with E-state index in [2.05, 4.69) is 16.7 Å². The number of halogens is 1. The fourth-order valence-electron chi connectivity index (χ4n) is 3.30. The van der Waals surface area contributed by atoms with Crippen molar-refractivity contribution in [1.82, 2.24) is 10.6 Å². The van der Waals surface area contributed by atoms with E-state index in [-0.39, 0.29) is 12.0 Å². The lowest BCUT2D eigenvalue weighted by Gasteiger charge is -2.21. The van der Waals surface area contributed by atoms with Crippen molar-refractivity contribution < 1.29 is 14.0 Å². The highest BCUT2D eigenvalue weighted by atomic mass is 19.1. The monoisotopic (exact) mass is 429 g/mol. The molecule has 0 saturated carbocycles. The molecule has 0 saturated heterocycles. The van der Waals surface area contributed by atoms with Crippen LogP contribution in [0.4, 0.5) is 4.39 Å². The van der Waals surface area contributed by atoms with Gasteiger partial charge in [-0.05, 0) is 48.2 Å². The molecule has 2 N–H and O–H groups in total. The standard InChI is InChI=1S/C26H24FN3O2/c27-22-14-12-21(13-15-22)25(31)30-24(17-20-9-5-2-6-10-20)26(32)29-23(18-28)16-11-19-7-3-1-4-8-19/h1-10,12-15,23-24H,11,16-17H2,(H,29,32)(H,30,31)/t23-,24-/m0/s1. The van der Waals surface area contributed by atoms with Gasteiger partial charge in [0.25, 0.3) is 5.91 Å². The highest BCUT2D eigenvalue weighted by Gasteiger charge is 2.24. The van der Waals surface area contributed by atoms with Crippen LogP contribution in [-0.4, -0.2) is 23.9 Å². The molecular formula is C26H24FN3O2. The molecule has 2 atom stereocenters. The maximum absolute atomic E-state index is 13.2. The van der Waals surface area contributed by atoms with Crippen molar-refractivity contribution in [3.8, 4) is 6.07 Å². The fourth-order valence-corrected chi connectivity index (χ4v) is 3.30. The molecule has 0 aliphatic carbocycles. The number of rotatable bonds is 9. The Labute approximate surface area is 186 Å². The molecule has 0 aromatic heterocycles. The molecule has 0 unspecified atom stereocenters. The van der Waals surface area contributed by atoms with Crippen LogP contribution in [0.2, 0.25) is 0 Å². The Morgan fingerprint density at radius 3 is 2.03 bits per heavy atom. The molecular weight excluding hydrogens is 405 g/mol. The summed E-state index contributed by atoms with van der Waals surface area (Å²) < 4.78 is 13.2. The van der Waals surface area contributed by atoms with Gasteiger partial charge < -0.3 is 10.6 Å². The highest BCUT2D eigenvalue weighted by Crippen LogP contribution is 2.09. The van der Waals surface area contributed by atoms with Gasteiger partial charge in [0.1, 0.15) is 17.9 Å². The van der Waals surface area contributed by atoms with E-state index in [1.54, 1.807) is 0 Å². The number of benzene rings is 3. The Morgan fingerprint density at radius 1 is 0.844 bits per heavy atom. The summed E-state index contributed by atoms with van der Waals surface area (Å²) in [6, 6.07) is 24.7. The lowest BCUT2D eigenvalue weighted by molar-refractivity contribution is -0.123. The molecule has 0 spiro atoms. The van der Waals surface area contributed by atoms with E-state index in [9.17, 15) is 19.2 Å². The van der Waals surface area contributed by atoms with Crippen molar-refractivity contribution in [2.45, 2.75) is 31.3 Å². The van der Waals surface area contributed by atoms with Crippen molar-refractivity contribution in [2.24, 2.45) is 0 Å². The number of nitrogens with zero attached hydrogens (tertiary/aromatic N) is 1. The normalized spacial score (nSPS) is 12.2. The summed E-state index contributed by atoms with van der Waals surface area (Å²) in [7, 11) is 0. The Balaban J connectivity index is 1.69. The lowest BCUT2D eigenvalue weighted by Crippen LogP contribution is -2.50. The van der Waals surface area contributed by atoms with E-state index < -0.39 is 29.7 Å². The molecule has 32 heavy (non-hydrogen) atoms. The van der Waals surface area contributed by atoms with Crippen molar-refractivity contribution in [2.75, 3.05) is 0 Å². The van der Waals surface area contributed by atoms with Gasteiger partial charge in [-0.1, -0.05) is 60.7 Å². The van der Waals surface area contributed by atoms with Crippen molar-refractivity contribution in [3.05, 3.63) is 107 Å². The second-order valence-corrected chi connectivity index (χ2v) is 7.44. The summed E-state index contributed by atoms with van der Waals surface area (Å²) in [4.78, 5) is 25.7. The number of nitrogens with one attached hydrogen (secondary N) is 2. The first kappa shape index (κ1) is 22.7. The lowest BCUT2D eigenvalue weighted by atomic mass is 10.0. The maximum Gasteiger partial charge on any atom is 0.251 e. The molecule has 0 bridgehead atoms. The smallest absolute Gasteiger partial charge is 0.251 e. The van der Waals surface area contributed by atoms with Gasteiger partial charge in [0, 0.05) is 12.0 Å². The van der Waals surface area contributed by atoms with Crippen molar-refractivity contribution in [3.63, 3.8) is 0 Å². The van der Waals surface area contributed by atoms with Crippen molar-refractivity contribution in [1.29, 1.82) is 5.26 Å². The van der Waals surface area contributed by atoms with Crippen LogP contribution in [0.1, 0.15) is 27.9 Å². The number of hydrogen-bond donors (Lipinski definition) is 2. The predicted octanol–water partition coefficient (Wildman–Crippen LogP) is 3.81. The molecule has 0 aliphatic heterocycles. The van der Waals surface area contributed by atoms with Crippen LogP contribution in [0.5, 0.6) is 0 Å². The van der Waals surface area contributed by atoms with E-state index in [1.807, 2.05) is 60.7 Å². The summed E-state index contributed by atoms with van der Waals surface area (Å²) in [5.74, 6) is -1.38. The third-order valence-electron chi connectivity index (χ3n) is 5.05. The Bertz CT molecular complexity index is 1060. The van der Waals surface area contributed by atoms with Crippen LogP contribution >= 0.6 is 0 Å². The molecule has 0 fully saturated rings. The van der Waals surface area contributed by atoms with Gasteiger partial charge in [0.2, 0.25) is 5.91 Å². The van der Waals surface area contributed by atoms with E-state index in [4.69, 9.17) is 0 Å². The number of carbonyl (C=O) groups excluding carboxylic acids is 2. The molecule has 3 aromatic rings. The number of amides is 2. The number of aryl methyl sites for hydroxylation is 1. The number of carbonyl (C=O) groups is 2. The van der Waals surface area contributed by atoms with Crippen LogP contribution in [0.25, 0.3) is 0 Å². The minimum atomic E-state index is -0.887. The molecule has 2 amide bonds. The van der Waals surface area contributed by atoms with Gasteiger partial charge in [-0.2, -0.15) is 5.26 Å². The molecule has 6 heteroatoms. The van der Waals surface area contributed by atoms with Gasteiger partial charge >= 0.3 is 0 Å². The second kappa shape index (κ2) is 11.4. The largest absolute Gasteiger partial charge is 0.340 e. The first-order valence-electron chi connectivity index (χ1n) is 10.4. The fraction of sp³-hybridized carbons (Fsp3) is 0.192. The summed E-state index contributed by atoms with van der Waals surface area (Å²) >= 11 is 0. The van der Waals surface area contributed by atoms with E-state index in [0.717, 1.165) is 11.1 Å². The topological polar surface area (TPSA) is 82.0 Å². The average Bonchev–Trinajstić information content (AvgIpc) is 2.83. The molecule has 3 rings (SSSR count). The van der Waals surface area contributed by atoms with E-state index in [1.165, 1.54) is 24.3 Å². The Hall–Kier alpha value is -3.98. The number of hydrogen-bond acceptors (Lipinski definition) is 3. The first-order chi connectivity index (χ1) is 15.5. The molecule has 5 nitrogen and oxygen atoms in total. The quantitative estimate of drug-likeness (QED) is 0.543. The van der Waals surface area contributed by atoms with Crippen LogP contribution in [0.3, 0.4) is 0 Å². The zero-order chi connectivity index (χ0) is 22.8. The third-order valence-corrected chi connectivity index (χ3v) is 5.05. The summed E-state index contributed by atoms with van der Waals surface area (Å²) in [6.45, 7) is 0. The summed E-state index contributed by atoms with van der Waals surface area (Å²) in [6.07, 6.45) is 1.36.